The van der Waals surface area contributed by atoms with Gasteiger partial charge in [0.15, 0.2) is 5.78 Å². The summed E-state index contributed by atoms with van der Waals surface area (Å²) in [4.78, 5) is 11.5. The molecule has 0 atom stereocenters. The van der Waals surface area contributed by atoms with Crippen LogP contribution < -0.4 is 0 Å². The number of ketones is 1. The Bertz CT molecular complexity index is 374. The first-order chi connectivity index (χ1) is 6.88. The smallest absolute Gasteiger partial charge is 0.209 e. The van der Waals surface area contributed by atoms with Crippen LogP contribution in [-0.4, -0.2) is 9.58 Å². The van der Waals surface area contributed by atoms with Gasteiger partial charge in [-0.05, 0) is 19.1 Å². The molecule has 0 bridgehead atoms. The van der Waals surface area contributed by atoms with Gasteiger partial charge in [-0.1, -0.05) is 64.6 Å². The van der Waals surface area contributed by atoms with Crippen molar-refractivity contribution in [3.05, 3.63) is 47.5 Å². The SMILES string of the molecule is Cc1ccc(C(=O)/C=C/C(Cl)(Cl)Cl)cc1. The van der Waals surface area contributed by atoms with Crippen molar-refractivity contribution in [2.75, 3.05) is 0 Å². The maximum absolute atomic E-state index is 11.5. The summed E-state index contributed by atoms with van der Waals surface area (Å²) in [5.41, 5.74) is 1.67. The normalized spacial score (nSPS) is 12.0. The number of alkyl halides is 3. The van der Waals surface area contributed by atoms with Gasteiger partial charge in [0.05, 0.1) is 0 Å². The molecule has 0 amide bonds. The summed E-state index contributed by atoms with van der Waals surface area (Å²) in [6, 6.07) is 7.19. The predicted molar refractivity (Wildman–Crippen MR) is 64.9 cm³/mol. The molecular formula is C11H9Cl3O. The maximum atomic E-state index is 11.5. The van der Waals surface area contributed by atoms with Crippen molar-refractivity contribution in [1.29, 1.82) is 0 Å². The van der Waals surface area contributed by atoms with Crippen LogP contribution in [0.25, 0.3) is 0 Å². The van der Waals surface area contributed by atoms with Gasteiger partial charge in [0.2, 0.25) is 3.79 Å². The topological polar surface area (TPSA) is 17.1 Å². The lowest BCUT2D eigenvalue weighted by Gasteiger charge is -2.02. The number of carbonyl (C=O) groups excluding carboxylic acids is 1. The van der Waals surface area contributed by atoms with Gasteiger partial charge < -0.3 is 0 Å². The molecule has 0 aromatic heterocycles. The van der Waals surface area contributed by atoms with Gasteiger partial charge in [-0.15, -0.1) is 0 Å². The van der Waals surface area contributed by atoms with Crippen molar-refractivity contribution >= 4 is 40.6 Å². The van der Waals surface area contributed by atoms with Crippen molar-refractivity contribution in [2.45, 2.75) is 10.7 Å². The van der Waals surface area contributed by atoms with Crippen LogP contribution in [0.2, 0.25) is 0 Å². The Morgan fingerprint density at radius 2 is 1.73 bits per heavy atom. The Kier molecular flexibility index (Phi) is 4.21. The van der Waals surface area contributed by atoms with E-state index < -0.39 is 3.79 Å². The summed E-state index contributed by atoms with van der Waals surface area (Å²) in [5.74, 6) is -0.179. The summed E-state index contributed by atoms with van der Waals surface area (Å²) in [7, 11) is 0. The molecule has 15 heavy (non-hydrogen) atoms. The van der Waals surface area contributed by atoms with Gasteiger partial charge in [0, 0.05) is 5.56 Å². The number of halogens is 3. The minimum atomic E-state index is -1.53. The highest BCUT2D eigenvalue weighted by molar-refractivity contribution is 6.69. The highest BCUT2D eigenvalue weighted by Crippen LogP contribution is 2.27. The largest absolute Gasteiger partial charge is 0.289 e. The number of aryl methyl sites for hydroxylation is 1. The molecule has 1 aromatic carbocycles. The molecule has 4 heteroatoms. The van der Waals surface area contributed by atoms with E-state index in [9.17, 15) is 4.79 Å². The third-order valence-electron chi connectivity index (χ3n) is 1.76. The highest BCUT2D eigenvalue weighted by Gasteiger charge is 2.14. The molecule has 0 spiro atoms. The Labute approximate surface area is 104 Å². The number of rotatable bonds is 2. The van der Waals surface area contributed by atoms with Crippen LogP contribution in [0.1, 0.15) is 15.9 Å². The summed E-state index contributed by atoms with van der Waals surface area (Å²) in [6.07, 6.45) is 2.50. The zero-order valence-electron chi connectivity index (χ0n) is 8.01. The molecule has 1 nitrogen and oxygen atoms in total. The first-order valence-electron chi connectivity index (χ1n) is 4.25. The molecule has 0 radical (unpaired) electrons. The van der Waals surface area contributed by atoms with Crippen molar-refractivity contribution in [3.63, 3.8) is 0 Å². The molecule has 0 saturated carbocycles. The third kappa shape index (κ3) is 4.70. The van der Waals surface area contributed by atoms with Gasteiger partial charge in [-0.3, -0.25) is 4.79 Å². The molecule has 80 valence electrons. The molecule has 0 fully saturated rings. The standard InChI is InChI=1S/C11H9Cl3O/c1-8-2-4-9(5-3-8)10(15)6-7-11(12,13)14/h2-7H,1H3/b7-6+. The molecule has 0 saturated heterocycles. The van der Waals surface area contributed by atoms with Gasteiger partial charge in [-0.25, -0.2) is 0 Å². The van der Waals surface area contributed by atoms with E-state index in [-0.39, 0.29) is 5.78 Å². The Balaban J connectivity index is 2.78. The van der Waals surface area contributed by atoms with Gasteiger partial charge in [0.25, 0.3) is 0 Å². The summed E-state index contributed by atoms with van der Waals surface area (Å²) < 4.78 is -1.53. The molecule has 0 unspecified atom stereocenters. The van der Waals surface area contributed by atoms with E-state index in [1.165, 1.54) is 12.2 Å². The van der Waals surface area contributed by atoms with Crippen molar-refractivity contribution in [3.8, 4) is 0 Å². The van der Waals surface area contributed by atoms with Crippen LogP contribution in [0.4, 0.5) is 0 Å². The molecule has 0 aliphatic heterocycles. The van der Waals surface area contributed by atoms with Gasteiger partial charge in [0.1, 0.15) is 0 Å². The van der Waals surface area contributed by atoms with Crippen LogP contribution in [0.3, 0.4) is 0 Å². The van der Waals surface area contributed by atoms with E-state index in [1.54, 1.807) is 12.1 Å². The van der Waals surface area contributed by atoms with Crippen LogP contribution in [0.15, 0.2) is 36.4 Å². The first-order valence-corrected chi connectivity index (χ1v) is 5.39. The summed E-state index contributed by atoms with van der Waals surface area (Å²) in [5, 5.41) is 0. The van der Waals surface area contributed by atoms with E-state index in [2.05, 4.69) is 0 Å². The molecular weight excluding hydrogens is 254 g/mol. The Morgan fingerprint density at radius 3 is 2.20 bits per heavy atom. The zero-order valence-corrected chi connectivity index (χ0v) is 10.3. The van der Waals surface area contributed by atoms with Crippen molar-refractivity contribution in [2.24, 2.45) is 0 Å². The van der Waals surface area contributed by atoms with Crippen LogP contribution >= 0.6 is 34.8 Å². The van der Waals surface area contributed by atoms with E-state index in [4.69, 9.17) is 34.8 Å². The second kappa shape index (κ2) is 5.02. The second-order valence-corrected chi connectivity index (χ2v) is 5.47. The van der Waals surface area contributed by atoms with E-state index in [0.717, 1.165) is 5.56 Å². The van der Waals surface area contributed by atoms with Gasteiger partial charge >= 0.3 is 0 Å². The molecule has 0 heterocycles. The number of allylic oxidation sites excluding steroid dienone is 2. The predicted octanol–water partition coefficient (Wildman–Crippen LogP) is 4.10. The molecule has 0 aliphatic rings. The van der Waals surface area contributed by atoms with E-state index in [0.29, 0.717) is 5.56 Å². The number of hydrogen-bond donors (Lipinski definition) is 0. The Hall–Kier alpha value is -0.500. The molecule has 1 rings (SSSR count). The first kappa shape index (κ1) is 12.6. The molecule has 0 N–H and O–H groups in total. The highest BCUT2D eigenvalue weighted by atomic mass is 35.6. The molecule has 1 aromatic rings. The fourth-order valence-electron chi connectivity index (χ4n) is 0.984. The van der Waals surface area contributed by atoms with Crippen LogP contribution in [0, 0.1) is 6.92 Å². The zero-order chi connectivity index (χ0) is 11.5. The maximum Gasteiger partial charge on any atom is 0.209 e. The molecule has 0 aliphatic carbocycles. The van der Waals surface area contributed by atoms with E-state index in [1.807, 2.05) is 19.1 Å². The average Bonchev–Trinajstić information content (AvgIpc) is 2.14. The fourth-order valence-corrected chi connectivity index (χ4v) is 1.17. The average molecular weight is 264 g/mol. The van der Waals surface area contributed by atoms with Gasteiger partial charge in [-0.2, -0.15) is 0 Å². The number of benzene rings is 1. The fraction of sp³-hybridized carbons (Fsp3) is 0.182. The summed E-state index contributed by atoms with van der Waals surface area (Å²) >= 11 is 16.4. The van der Waals surface area contributed by atoms with Crippen LogP contribution in [-0.2, 0) is 0 Å². The van der Waals surface area contributed by atoms with Crippen molar-refractivity contribution < 1.29 is 4.79 Å². The number of carbonyl (C=O) groups is 1. The van der Waals surface area contributed by atoms with E-state index >= 15 is 0 Å². The summed E-state index contributed by atoms with van der Waals surface area (Å²) in [6.45, 7) is 1.95. The second-order valence-electron chi connectivity index (χ2n) is 3.11. The lowest BCUT2D eigenvalue weighted by molar-refractivity contribution is 0.104. The Morgan fingerprint density at radius 1 is 1.20 bits per heavy atom. The minimum absolute atomic E-state index is 0.179. The lowest BCUT2D eigenvalue weighted by Crippen LogP contribution is -1.99. The van der Waals surface area contributed by atoms with Crippen LogP contribution in [0.5, 0.6) is 0 Å². The lowest BCUT2D eigenvalue weighted by atomic mass is 10.1. The van der Waals surface area contributed by atoms with Crippen molar-refractivity contribution in [1.82, 2.24) is 0 Å². The quantitative estimate of drug-likeness (QED) is 0.446. The third-order valence-corrected chi connectivity index (χ3v) is 2.14. The number of hydrogen-bond acceptors (Lipinski definition) is 1. The minimum Gasteiger partial charge on any atom is -0.289 e. The monoisotopic (exact) mass is 262 g/mol.